The van der Waals surface area contributed by atoms with Crippen molar-refractivity contribution >= 4 is 16.9 Å². The molecule has 1 aromatic carbocycles. The molecule has 0 N–H and O–H groups in total. The van der Waals surface area contributed by atoms with Gasteiger partial charge >= 0.3 is 5.97 Å². The van der Waals surface area contributed by atoms with Crippen LogP contribution in [-0.4, -0.2) is 18.1 Å². The predicted molar refractivity (Wildman–Crippen MR) is 56.9 cm³/mol. The Hall–Kier alpha value is -1.94. The summed E-state index contributed by atoms with van der Waals surface area (Å²) in [6, 6.07) is 9.41. The standard InChI is InChI=1S/C12H9NO3/c1-15-12-10-8(11(14)16-12)6-7-4-2-3-5-9(7)13-10/h2-6,12H,1H3. The molecule has 0 bridgehead atoms. The van der Waals surface area contributed by atoms with Gasteiger partial charge in [-0.2, -0.15) is 0 Å². The molecule has 16 heavy (non-hydrogen) atoms. The fraction of sp³-hybridized carbons (Fsp3) is 0.167. The number of hydrogen-bond acceptors (Lipinski definition) is 4. The number of methoxy groups -OCH3 is 1. The minimum Gasteiger partial charge on any atom is -0.426 e. The minimum atomic E-state index is -0.674. The van der Waals surface area contributed by atoms with Crippen molar-refractivity contribution < 1.29 is 14.3 Å². The first kappa shape index (κ1) is 9.30. The van der Waals surface area contributed by atoms with Crippen molar-refractivity contribution in [1.29, 1.82) is 0 Å². The van der Waals surface area contributed by atoms with Crippen LogP contribution in [0.3, 0.4) is 0 Å². The average molecular weight is 215 g/mol. The van der Waals surface area contributed by atoms with E-state index in [1.54, 1.807) is 6.07 Å². The third-order valence-electron chi connectivity index (χ3n) is 2.62. The largest absolute Gasteiger partial charge is 0.426 e. The SMILES string of the molecule is COC1OC(=O)c2cc3ccccc3nc21. The number of carbonyl (C=O) groups is 1. The first-order valence-corrected chi connectivity index (χ1v) is 4.93. The molecule has 1 aromatic heterocycles. The number of carbonyl (C=O) groups excluding carboxylic acids is 1. The Morgan fingerprint density at radius 2 is 2.19 bits per heavy atom. The highest BCUT2D eigenvalue weighted by Gasteiger charge is 2.32. The van der Waals surface area contributed by atoms with Crippen molar-refractivity contribution in [3.8, 4) is 0 Å². The number of ether oxygens (including phenoxy) is 2. The maximum Gasteiger partial charge on any atom is 0.342 e. The highest BCUT2D eigenvalue weighted by Crippen LogP contribution is 2.31. The van der Waals surface area contributed by atoms with Crippen molar-refractivity contribution in [2.45, 2.75) is 6.29 Å². The van der Waals surface area contributed by atoms with Gasteiger partial charge in [0.15, 0.2) is 0 Å². The number of esters is 1. The summed E-state index contributed by atoms with van der Waals surface area (Å²) in [7, 11) is 1.49. The summed E-state index contributed by atoms with van der Waals surface area (Å²) in [5.41, 5.74) is 1.89. The van der Waals surface area contributed by atoms with Crippen LogP contribution in [0.1, 0.15) is 22.3 Å². The first-order valence-electron chi connectivity index (χ1n) is 4.93. The van der Waals surface area contributed by atoms with E-state index in [0.717, 1.165) is 10.9 Å². The van der Waals surface area contributed by atoms with E-state index >= 15 is 0 Å². The van der Waals surface area contributed by atoms with Gasteiger partial charge in [0, 0.05) is 12.5 Å². The lowest BCUT2D eigenvalue weighted by atomic mass is 10.1. The van der Waals surface area contributed by atoms with Crippen LogP contribution < -0.4 is 0 Å². The first-order chi connectivity index (χ1) is 7.79. The molecule has 80 valence electrons. The van der Waals surface area contributed by atoms with Crippen molar-refractivity contribution in [1.82, 2.24) is 4.98 Å². The number of aromatic nitrogens is 1. The third kappa shape index (κ3) is 1.20. The Morgan fingerprint density at radius 3 is 3.00 bits per heavy atom. The van der Waals surface area contributed by atoms with Crippen LogP contribution in [0.2, 0.25) is 0 Å². The summed E-state index contributed by atoms with van der Waals surface area (Å²) in [5, 5.41) is 0.926. The molecule has 0 spiro atoms. The van der Waals surface area contributed by atoms with Gasteiger partial charge in [-0.3, -0.25) is 0 Å². The van der Waals surface area contributed by atoms with E-state index < -0.39 is 6.29 Å². The maximum atomic E-state index is 11.5. The third-order valence-corrected chi connectivity index (χ3v) is 2.62. The fourth-order valence-corrected chi connectivity index (χ4v) is 1.85. The molecule has 2 heterocycles. The monoisotopic (exact) mass is 215 g/mol. The van der Waals surface area contributed by atoms with Crippen LogP contribution >= 0.6 is 0 Å². The van der Waals surface area contributed by atoms with Gasteiger partial charge in [0.1, 0.15) is 5.69 Å². The minimum absolute atomic E-state index is 0.375. The second-order valence-electron chi connectivity index (χ2n) is 3.59. The second kappa shape index (κ2) is 3.28. The zero-order valence-corrected chi connectivity index (χ0v) is 8.64. The van der Waals surface area contributed by atoms with Crippen LogP contribution in [0, 0.1) is 0 Å². The Labute approximate surface area is 91.8 Å². The molecule has 0 fully saturated rings. The maximum absolute atomic E-state index is 11.5. The zero-order chi connectivity index (χ0) is 11.1. The zero-order valence-electron chi connectivity index (χ0n) is 8.64. The van der Waals surface area contributed by atoms with E-state index in [-0.39, 0.29) is 5.97 Å². The van der Waals surface area contributed by atoms with Gasteiger partial charge in [0.25, 0.3) is 0 Å². The Balaban J connectivity index is 2.29. The summed E-state index contributed by atoms with van der Waals surface area (Å²) >= 11 is 0. The topological polar surface area (TPSA) is 48.4 Å². The summed E-state index contributed by atoms with van der Waals surface area (Å²) in [6.07, 6.45) is -0.674. The Morgan fingerprint density at radius 1 is 1.38 bits per heavy atom. The van der Waals surface area contributed by atoms with E-state index in [1.165, 1.54) is 7.11 Å². The van der Waals surface area contributed by atoms with Gasteiger partial charge in [-0.1, -0.05) is 18.2 Å². The number of benzene rings is 1. The van der Waals surface area contributed by atoms with Gasteiger partial charge in [0.05, 0.1) is 11.1 Å². The van der Waals surface area contributed by atoms with Crippen LogP contribution in [0.5, 0.6) is 0 Å². The summed E-state index contributed by atoms with van der Waals surface area (Å²) in [5.74, 6) is -0.375. The molecule has 4 nitrogen and oxygen atoms in total. The van der Waals surface area contributed by atoms with Gasteiger partial charge in [-0.15, -0.1) is 0 Å². The summed E-state index contributed by atoms with van der Waals surface area (Å²) < 4.78 is 10.1. The fourth-order valence-electron chi connectivity index (χ4n) is 1.85. The van der Waals surface area contributed by atoms with Crippen molar-refractivity contribution in [3.05, 3.63) is 41.6 Å². The summed E-state index contributed by atoms with van der Waals surface area (Å²) in [6.45, 7) is 0. The number of fused-ring (bicyclic) bond motifs is 2. The molecule has 1 unspecified atom stereocenters. The van der Waals surface area contributed by atoms with Crippen molar-refractivity contribution in [2.24, 2.45) is 0 Å². The van der Waals surface area contributed by atoms with E-state index in [4.69, 9.17) is 9.47 Å². The lowest BCUT2D eigenvalue weighted by Crippen LogP contribution is -2.01. The molecule has 0 radical (unpaired) electrons. The Kier molecular flexibility index (Phi) is 1.91. The molecule has 0 aliphatic carbocycles. The van der Waals surface area contributed by atoms with Gasteiger partial charge < -0.3 is 9.47 Å². The van der Waals surface area contributed by atoms with Gasteiger partial charge in [0.2, 0.25) is 6.29 Å². The number of para-hydroxylation sites is 1. The van der Waals surface area contributed by atoms with Crippen LogP contribution in [0.25, 0.3) is 10.9 Å². The van der Waals surface area contributed by atoms with Gasteiger partial charge in [-0.05, 0) is 12.1 Å². The van der Waals surface area contributed by atoms with Crippen LogP contribution in [-0.2, 0) is 9.47 Å². The highest BCUT2D eigenvalue weighted by atomic mass is 16.7. The predicted octanol–water partition coefficient (Wildman–Crippen LogP) is 2.05. The van der Waals surface area contributed by atoms with Crippen molar-refractivity contribution in [2.75, 3.05) is 7.11 Å². The second-order valence-corrected chi connectivity index (χ2v) is 3.59. The molecule has 0 amide bonds. The Bertz CT molecular complexity index is 579. The number of hydrogen-bond donors (Lipinski definition) is 0. The molecule has 1 aliphatic rings. The van der Waals surface area contributed by atoms with E-state index in [2.05, 4.69) is 4.98 Å². The highest BCUT2D eigenvalue weighted by molar-refractivity contribution is 5.97. The molecule has 4 heteroatoms. The molecule has 0 saturated heterocycles. The number of cyclic esters (lactones) is 1. The molecule has 0 saturated carbocycles. The average Bonchev–Trinajstić information content (AvgIpc) is 2.63. The number of nitrogens with zero attached hydrogens (tertiary/aromatic N) is 1. The molecule has 2 aromatic rings. The van der Waals surface area contributed by atoms with E-state index in [1.807, 2.05) is 24.3 Å². The molecular weight excluding hydrogens is 206 g/mol. The lowest BCUT2D eigenvalue weighted by molar-refractivity contribution is -0.0835. The molecule has 1 atom stereocenters. The molecular formula is C12H9NO3. The van der Waals surface area contributed by atoms with Crippen LogP contribution in [0.4, 0.5) is 0 Å². The normalized spacial score (nSPS) is 18.6. The van der Waals surface area contributed by atoms with Crippen molar-refractivity contribution in [3.63, 3.8) is 0 Å². The smallest absolute Gasteiger partial charge is 0.342 e. The van der Waals surface area contributed by atoms with E-state index in [0.29, 0.717) is 11.3 Å². The lowest BCUT2D eigenvalue weighted by Gasteiger charge is -2.06. The summed E-state index contributed by atoms with van der Waals surface area (Å²) in [4.78, 5) is 15.9. The van der Waals surface area contributed by atoms with E-state index in [9.17, 15) is 4.79 Å². The van der Waals surface area contributed by atoms with Gasteiger partial charge in [-0.25, -0.2) is 9.78 Å². The molecule has 1 aliphatic heterocycles. The van der Waals surface area contributed by atoms with Crippen LogP contribution in [0.15, 0.2) is 30.3 Å². The number of pyridine rings is 1. The quantitative estimate of drug-likeness (QED) is 0.683. The number of rotatable bonds is 1. The molecule has 3 rings (SSSR count).